The molecule has 0 amide bonds. The highest BCUT2D eigenvalue weighted by Crippen LogP contribution is 2.18. The van der Waals surface area contributed by atoms with E-state index in [0.29, 0.717) is 18.2 Å². The first kappa shape index (κ1) is 21.3. The van der Waals surface area contributed by atoms with Crippen molar-refractivity contribution in [1.29, 1.82) is 0 Å². The Morgan fingerprint density at radius 3 is 2.77 bits per heavy atom. The highest BCUT2D eigenvalue weighted by molar-refractivity contribution is 14.0. The summed E-state index contributed by atoms with van der Waals surface area (Å²) in [6, 6.07) is 7.37. The highest BCUT2D eigenvalue weighted by Gasteiger charge is 2.06. The quantitative estimate of drug-likeness (QED) is 0.282. The van der Waals surface area contributed by atoms with Gasteiger partial charge >= 0.3 is 0 Å². The Morgan fingerprint density at radius 1 is 1.36 bits per heavy atom. The molecular formula is C15H25ClIN3O2. The monoisotopic (exact) mass is 441 g/mol. The van der Waals surface area contributed by atoms with Gasteiger partial charge in [-0.1, -0.05) is 17.7 Å². The van der Waals surface area contributed by atoms with Crippen molar-refractivity contribution in [2.75, 3.05) is 33.4 Å². The maximum absolute atomic E-state index is 5.92. The van der Waals surface area contributed by atoms with E-state index >= 15 is 0 Å². The van der Waals surface area contributed by atoms with Crippen LogP contribution in [0.15, 0.2) is 29.3 Å². The second kappa shape index (κ2) is 12.8. The number of hydrogen-bond acceptors (Lipinski definition) is 3. The summed E-state index contributed by atoms with van der Waals surface area (Å²) in [7, 11) is 1.73. The van der Waals surface area contributed by atoms with Gasteiger partial charge in [0.1, 0.15) is 11.9 Å². The van der Waals surface area contributed by atoms with E-state index in [1.165, 1.54) is 0 Å². The zero-order chi connectivity index (χ0) is 15.5. The van der Waals surface area contributed by atoms with Gasteiger partial charge in [-0.3, -0.25) is 4.99 Å². The van der Waals surface area contributed by atoms with Gasteiger partial charge in [-0.25, -0.2) is 0 Å². The molecule has 0 aliphatic heterocycles. The van der Waals surface area contributed by atoms with Crippen molar-refractivity contribution in [3.05, 3.63) is 29.3 Å². The van der Waals surface area contributed by atoms with E-state index in [1.54, 1.807) is 13.1 Å². The van der Waals surface area contributed by atoms with Gasteiger partial charge in [0.15, 0.2) is 5.96 Å². The first-order chi connectivity index (χ1) is 10.2. The van der Waals surface area contributed by atoms with Gasteiger partial charge in [-0.05, 0) is 32.0 Å². The van der Waals surface area contributed by atoms with E-state index in [9.17, 15) is 0 Å². The second-order valence-corrected chi connectivity index (χ2v) is 4.90. The average molecular weight is 442 g/mol. The molecule has 0 radical (unpaired) electrons. The lowest BCUT2D eigenvalue weighted by Gasteiger charge is -2.17. The van der Waals surface area contributed by atoms with Gasteiger partial charge in [0.25, 0.3) is 0 Å². The smallest absolute Gasteiger partial charge is 0.191 e. The van der Waals surface area contributed by atoms with Crippen LogP contribution < -0.4 is 15.4 Å². The molecule has 2 N–H and O–H groups in total. The predicted molar refractivity (Wildman–Crippen MR) is 103 cm³/mol. The summed E-state index contributed by atoms with van der Waals surface area (Å²) in [5.41, 5.74) is 0. The molecule has 22 heavy (non-hydrogen) atoms. The summed E-state index contributed by atoms with van der Waals surface area (Å²) in [5, 5.41) is 7.04. The highest BCUT2D eigenvalue weighted by atomic mass is 127. The molecule has 5 nitrogen and oxygen atoms in total. The third-order valence-electron chi connectivity index (χ3n) is 2.66. The van der Waals surface area contributed by atoms with Crippen LogP contribution >= 0.6 is 35.6 Å². The van der Waals surface area contributed by atoms with Gasteiger partial charge in [0.2, 0.25) is 0 Å². The zero-order valence-corrected chi connectivity index (χ0v) is 16.4. The van der Waals surface area contributed by atoms with Crippen LogP contribution in [0.5, 0.6) is 5.75 Å². The molecule has 1 aromatic carbocycles. The van der Waals surface area contributed by atoms with E-state index in [2.05, 4.69) is 15.6 Å². The second-order valence-electron chi connectivity index (χ2n) is 4.46. The van der Waals surface area contributed by atoms with Crippen molar-refractivity contribution < 1.29 is 9.47 Å². The molecule has 1 aromatic rings. The molecule has 0 saturated heterocycles. The van der Waals surface area contributed by atoms with Crippen molar-refractivity contribution in [1.82, 2.24) is 10.6 Å². The minimum absolute atomic E-state index is 0. The van der Waals surface area contributed by atoms with Crippen molar-refractivity contribution in [3.63, 3.8) is 0 Å². The van der Waals surface area contributed by atoms with E-state index in [-0.39, 0.29) is 30.1 Å². The first-order valence-electron chi connectivity index (χ1n) is 7.10. The molecule has 0 aliphatic rings. The SMILES string of the molecule is CCOCCNC(=NC)NCC(C)Oc1cccc(Cl)c1.I. The number of nitrogens with zero attached hydrogens (tertiary/aromatic N) is 1. The average Bonchev–Trinajstić information content (AvgIpc) is 2.46. The Morgan fingerprint density at radius 2 is 2.14 bits per heavy atom. The number of guanidine groups is 1. The number of aliphatic imine (C=N–C) groups is 1. The van der Waals surface area contributed by atoms with E-state index in [4.69, 9.17) is 21.1 Å². The topological polar surface area (TPSA) is 54.9 Å². The molecule has 126 valence electrons. The lowest BCUT2D eigenvalue weighted by atomic mass is 10.3. The van der Waals surface area contributed by atoms with E-state index < -0.39 is 0 Å². The molecule has 0 saturated carbocycles. The summed E-state index contributed by atoms with van der Waals surface area (Å²) in [6.07, 6.45) is -0.00564. The molecule has 1 atom stereocenters. The summed E-state index contributed by atoms with van der Waals surface area (Å²) in [6.45, 7) is 6.70. The number of nitrogens with one attached hydrogen (secondary N) is 2. The summed E-state index contributed by atoms with van der Waals surface area (Å²) >= 11 is 5.92. The number of halogens is 2. The fraction of sp³-hybridized carbons (Fsp3) is 0.533. The summed E-state index contributed by atoms with van der Waals surface area (Å²) in [4.78, 5) is 4.14. The Bertz CT molecular complexity index is 447. The van der Waals surface area contributed by atoms with Crippen LogP contribution in [0.4, 0.5) is 0 Å². The Hall–Kier alpha value is -0.730. The summed E-state index contributed by atoms with van der Waals surface area (Å²) < 4.78 is 11.0. The molecule has 1 unspecified atom stereocenters. The molecule has 0 aliphatic carbocycles. The fourth-order valence-corrected chi connectivity index (χ4v) is 1.84. The zero-order valence-electron chi connectivity index (χ0n) is 13.3. The number of rotatable bonds is 8. The fourth-order valence-electron chi connectivity index (χ4n) is 1.66. The maximum atomic E-state index is 5.92. The van der Waals surface area contributed by atoms with Crippen LogP contribution in [0, 0.1) is 0 Å². The van der Waals surface area contributed by atoms with Gasteiger partial charge in [0, 0.05) is 25.2 Å². The molecule has 0 spiro atoms. The molecule has 7 heteroatoms. The number of hydrogen-bond donors (Lipinski definition) is 2. The normalized spacial score (nSPS) is 12.3. The van der Waals surface area contributed by atoms with E-state index in [1.807, 2.05) is 32.0 Å². The third-order valence-corrected chi connectivity index (χ3v) is 2.89. The van der Waals surface area contributed by atoms with Gasteiger partial charge < -0.3 is 20.1 Å². The Kier molecular flexibility index (Phi) is 12.4. The van der Waals surface area contributed by atoms with Crippen LogP contribution in [0.3, 0.4) is 0 Å². The molecular weight excluding hydrogens is 417 g/mol. The molecule has 0 aromatic heterocycles. The number of ether oxygens (including phenoxy) is 2. The molecule has 1 rings (SSSR count). The lowest BCUT2D eigenvalue weighted by molar-refractivity contribution is 0.152. The standard InChI is InChI=1S/C15H24ClN3O2.HI/c1-4-20-9-8-18-15(17-3)19-11-12(2)21-14-7-5-6-13(16)10-14;/h5-7,10,12H,4,8-9,11H2,1-3H3,(H2,17,18,19);1H. The van der Waals surface area contributed by atoms with Crippen molar-refractivity contribution in [2.45, 2.75) is 20.0 Å². The Balaban J connectivity index is 0.00000441. The van der Waals surface area contributed by atoms with Crippen LogP contribution in [0.25, 0.3) is 0 Å². The first-order valence-corrected chi connectivity index (χ1v) is 7.48. The minimum Gasteiger partial charge on any atom is -0.489 e. The van der Waals surface area contributed by atoms with Crippen molar-refractivity contribution >= 4 is 41.5 Å². The van der Waals surface area contributed by atoms with Gasteiger partial charge in [-0.15, -0.1) is 24.0 Å². The van der Waals surface area contributed by atoms with E-state index in [0.717, 1.165) is 24.9 Å². The minimum atomic E-state index is -0.00564. The molecule has 0 heterocycles. The van der Waals surface area contributed by atoms with Crippen LogP contribution in [-0.2, 0) is 4.74 Å². The molecule has 0 bridgehead atoms. The third kappa shape index (κ3) is 9.32. The molecule has 0 fully saturated rings. The van der Waals surface area contributed by atoms with Gasteiger partial charge in [0.05, 0.1) is 13.2 Å². The van der Waals surface area contributed by atoms with Crippen molar-refractivity contribution in [3.8, 4) is 5.75 Å². The van der Waals surface area contributed by atoms with Crippen LogP contribution in [-0.4, -0.2) is 45.4 Å². The Labute approximate surface area is 154 Å². The summed E-state index contributed by atoms with van der Waals surface area (Å²) in [5.74, 6) is 1.49. The number of benzene rings is 1. The van der Waals surface area contributed by atoms with Crippen molar-refractivity contribution in [2.24, 2.45) is 4.99 Å². The maximum Gasteiger partial charge on any atom is 0.191 e. The lowest BCUT2D eigenvalue weighted by Crippen LogP contribution is -2.42. The predicted octanol–water partition coefficient (Wildman–Crippen LogP) is 2.93. The largest absolute Gasteiger partial charge is 0.489 e. The van der Waals surface area contributed by atoms with Crippen LogP contribution in [0.1, 0.15) is 13.8 Å². The van der Waals surface area contributed by atoms with Gasteiger partial charge in [-0.2, -0.15) is 0 Å². The van der Waals surface area contributed by atoms with Crippen LogP contribution in [0.2, 0.25) is 5.02 Å².